The third kappa shape index (κ3) is 4.13. The van der Waals surface area contributed by atoms with E-state index in [-0.39, 0.29) is 12.5 Å². The molecule has 0 aromatic heterocycles. The fourth-order valence-corrected chi connectivity index (χ4v) is 2.36. The number of amides is 1. The number of rotatable bonds is 4. The molecule has 0 aliphatic heterocycles. The molecular formula is C16H16Cl2N2O. The Morgan fingerprint density at radius 1 is 1.10 bits per heavy atom. The Kier molecular flexibility index (Phi) is 5.10. The van der Waals surface area contributed by atoms with Crippen LogP contribution in [0.5, 0.6) is 0 Å². The van der Waals surface area contributed by atoms with Crippen LogP contribution >= 0.6 is 23.2 Å². The third-order valence-electron chi connectivity index (χ3n) is 3.11. The molecule has 0 saturated carbocycles. The van der Waals surface area contributed by atoms with Crippen molar-refractivity contribution in [3.05, 3.63) is 57.6 Å². The van der Waals surface area contributed by atoms with Crippen LogP contribution in [-0.2, 0) is 4.79 Å². The standard InChI is InChI=1S/C16H16Cl2N2O/c1-10-4-3-5-11(2)16(10)20-15(21)9-19-14-8-12(17)6-7-13(14)18/h3-8,19H,9H2,1-2H3,(H,20,21). The van der Waals surface area contributed by atoms with Gasteiger partial charge in [-0.25, -0.2) is 0 Å². The van der Waals surface area contributed by atoms with E-state index in [1.807, 2.05) is 32.0 Å². The number of aryl methyl sites for hydroxylation is 2. The third-order valence-corrected chi connectivity index (χ3v) is 3.68. The number of benzene rings is 2. The largest absolute Gasteiger partial charge is 0.375 e. The monoisotopic (exact) mass is 322 g/mol. The first-order valence-electron chi connectivity index (χ1n) is 6.52. The van der Waals surface area contributed by atoms with Gasteiger partial charge >= 0.3 is 0 Å². The van der Waals surface area contributed by atoms with Crippen LogP contribution in [-0.4, -0.2) is 12.5 Å². The van der Waals surface area contributed by atoms with Gasteiger partial charge in [0, 0.05) is 10.7 Å². The molecule has 2 aromatic carbocycles. The second-order valence-electron chi connectivity index (χ2n) is 4.79. The van der Waals surface area contributed by atoms with Crippen molar-refractivity contribution in [1.29, 1.82) is 0 Å². The molecule has 110 valence electrons. The van der Waals surface area contributed by atoms with Gasteiger partial charge < -0.3 is 10.6 Å². The number of halogens is 2. The maximum absolute atomic E-state index is 12.0. The van der Waals surface area contributed by atoms with Crippen LogP contribution in [0.4, 0.5) is 11.4 Å². The van der Waals surface area contributed by atoms with E-state index in [9.17, 15) is 4.79 Å². The molecular weight excluding hydrogens is 307 g/mol. The van der Waals surface area contributed by atoms with Crippen LogP contribution in [0.2, 0.25) is 10.0 Å². The van der Waals surface area contributed by atoms with Crippen LogP contribution in [0.1, 0.15) is 11.1 Å². The SMILES string of the molecule is Cc1cccc(C)c1NC(=O)CNc1cc(Cl)ccc1Cl. The van der Waals surface area contributed by atoms with Crippen LogP contribution in [0.15, 0.2) is 36.4 Å². The molecule has 0 aliphatic rings. The van der Waals surface area contributed by atoms with Crippen molar-refractivity contribution in [1.82, 2.24) is 0 Å². The van der Waals surface area contributed by atoms with E-state index in [1.54, 1.807) is 18.2 Å². The number of nitrogens with one attached hydrogen (secondary N) is 2. The van der Waals surface area contributed by atoms with Crippen molar-refractivity contribution >= 4 is 40.5 Å². The van der Waals surface area contributed by atoms with Gasteiger partial charge in [0.1, 0.15) is 0 Å². The number of carbonyl (C=O) groups is 1. The van der Waals surface area contributed by atoms with E-state index in [4.69, 9.17) is 23.2 Å². The van der Waals surface area contributed by atoms with E-state index in [1.165, 1.54) is 0 Å². The lowest BCUT2D eigenvalue weighted by molar-refractivity contribution is -0.114. The summed E-state index contributed by atoms with van der Waals surface area (Å²) in [6.07, 6.45) is 0. The molecule has 0 saturated heterocycles. The molecule has 1 amide bonds. The van der Waals surface area contributed by atoms with Gasteiger partial charge in [-0.2, -0.15) is 0 Å². The normalized spacial score (nSPS) is 10.3. The Balaban J connectivity index is 2.01. The number of hydrogen-bond donors (Lipinski definition) is 2. The first-order chi connectivity index (χ1) is 9.97. The van der Waals surface area contributed by atoms with Gasteiger partial charge in [0.15, 0.2) is 0 Å². The lowest BCUT2D eigenvalue weighted by Gasteiger charge is -2.13. The summed E-state index contributed by atoms with van der Waals surface area (Å²) in [6, 6.07) is 11.0. The van der Waals surface area contributed by atoms with E-state index in [2.05, 4.69) is 10.6 Å². The molecule has 0 aliphatic carbocycles. The van der Waals surface area contributed by atoms with Crippen LogP contribution in [0, 0.1) is 13.8 Å². The van der Waals surface area contributed by atoms with Crippen molar-refractivity contribution in [3.8, 4) is 0 Å². The minimum atomic E-state index is -0.136. The van der Waals surface area contributed by atoms with Gasteiger partial charge in [-0.1, -0.05) is 41.4 Å². The predicted octanol–water partition coefficient (Wildman–Crippen LogP) is 4.66. The van der Waals surface area contributed by atoms with E-state index in [0.717, 1.165) is 16.8 Å². The molecule has 2 N–H and O–H groups in total. The van der Waals surface area contributed by atoms with Gasteiger partial charge in [-0.3, -0.25) is 4.79 Å². The minimum Gasteiger partial charge on any atom is -0.375 e. The van der Waals surface area contributed by atoms with Crippen LogP contribution < -0.4 is 10.6 Å². The average Bonchev–Trinajstić information content (AvgIpc) is 2.44. The van der Waals surface area contributed by atoms with Gasteiger partial charge in [-0.05, 0) is 43.2 Å². The van der Waals surface area contributed by atoms with E-state index < -0.39 is 0 Å². The fraction of sp³-hybridized carbons (Fsp3) is 0.188. The molecule has 3 nitrogen and oxygen atoms in total. The highest BCUT2D eigenvalue weighted by molar-refractivity contribution is 6.35. The molecule has 2 rings (SSSR count). The van der Waals surface area contributed by atoms with Crippen molar-refractivity contribution in [2.24, 2.45) is 0 Å². The van der Waals surface area contributed by atoms with E-state index in [0.29, 0.717) is 15.7 Å². The molecule has 5 heteroatoms. The maximum atomic E-state index is 12.0. The van der Waals surface area contributed by atoms with Gasteiger partial charge in [0.25, 0.3) is 0 Å². The molecule has 2 aromatic rings. The van der Waals surface area contributed by atoms with Crippen molar-refractivity contribution in [2.45, 2.75) is 13.8 Å². The Morgan fingerprint density at radius 3 is 2.43 bits per heavy atom. The summed E-state index contributed by atoms with van der Waals surface area (Å²) in [7, 11) is 0. The lowest BCUT2D eigenvalue weighted by Crippen LogP contribution is -2.22. The van der Waals surface area contributed by atoms with Crippen molar-refractivity contribution in [2.75, 3.05) is 17.2 Å². The maximum Gasteiger partial charge on any atom is 0.243 e. The molecule has 0 fully saturated rings. The summed E-state index contributed by atoms with van der Waals surface area (Å²) in [5, 5.41) is 6.98. The molecule has 0 atom stereocenters. The zero-order valence-corrected chi connectivity index (χ0v) is 13.3. The summed E-state index contributed by atoms with van der Waals surface area (Å²) in [5.41, 5.74) is 3.55. The quantitative estimate of drug-likeness (QED) is 0.859. The Morgan fingerprint density at radius 2 is 1.76 bits per heavy atom. The van der Waals surface area contributed by atoms with Crippen molar-refractivity contribution < 1.29 is 4.79 Å². The smallest absolute Gasteiger partial charge is 0.243 e. The average molecular weight is 323 g/mol. The van der Waals surface area contributed by atoms with E-state index >= 15 is 0 Å². The first-order valence-corrected chi connectivity index (χ1v) is 7.28. The van der Waals surface area contributed by atoms with Gasteiger partial charge in [-0.15, -0.1) is 0 Å². The fourth-order valence-electron chi connectivity index (χ4n) is 2.00. The number of hydrogen-bond acceptors (Lipinski definition) is 2. The Hall–Kier alpha value is -1.71. The van der Waals surface area contributed by atoms with Gasteiger partial charge in [0.05, 0.1) is 17.3 Å². The molecule has 0 heterocycles. The highest BCUT2D eigenvalue weighted by atomic mass is 35.5. The summed E-state index contributed by atoms with van der Waals surface area (Å²) in [6.45, 7) is 4.04. The number of carbonyl (C=O) groups excluding carboxylic acids is 1. The van der Waals surface area contributed by atoms with Gasteiger partial charge in [0.2, 0.25) is 5.91 Å². The Labute approximate surface area is 134 Å². The molecule has 0 unspecified atom stereocenters. The second-order valence-corrected chi connectivity index (χ2v) is 5.64. The predicted molar refractivity (Wildman–Crippen MR) is 89.5 cm³/mol. The molecule has 21 heavy (non-hydrogen) atoms. The summed E-state index contributed by atoms with van der Waals surface area (Å²) < 4.78 is 0. The highest BCUT2D eigenvalue weighted by Crippen LogP contribution is 2.25. The molecule has 0 radical (unpaired) electrons. The van der Waals surface area contributed by atoms with Crippen LogP contribution in [0.3, 0.4) is 0 Å². The number of anilines is 2. The zero-order valence-electron chi connectivity index (χ0n) is 11.8. The molecule has 0 bridgehead atoms. The lowest BCUT2D eigenvalue weighted by atomic mass is 10.1. The second kappa shape index (κ2) is 6.83. The highest BCUT2D eigenvalue weighted by Gasteiger charge is 2.08. The van der Waals surface area contributed by atoms with Crippen LogP contribution in [0.25, 0.3) is 0 Å². The summed E-state index contributed by atoms with van der Waals surface area (Å²) in [4.78, 5) is 12.0. The Bertz CT molecular complexity index is 651. The van der Waals surface area contributed by atoms with Crippen molar-refractivity contribution in [3.63, 3.8) is 0 Å². The topological polar surface area (TPSA) is 41.1 Å². The summed E-state index contributed by atoms with van der Waals surface area (Å²) in [5.74, 6) is -0.136. The zero-order chi connectivity index (χ0) is 15.4. The number of para-hydroxylation sites is 1. The molecule has 0 spiro atoms. The summed E-state index contributed by atoms with van der Waals surface area (Å²) >= 11 is 11.9. The minimum absolute atomic E-state index is 0.119. The first kappa shape index (κ1) is 15.7.